The molecule has 4 atom stereocenters. The molecule has 3 rings (SSSR count). The molecule has 3 fully saturated rings. The van der Waals surface area contributed by atoms with Gasteiger partial charge in [-0.05, 0) is 68.3 Å². The van der Waals surface area contributed by atoms with Crippen molar-refractivity contribution in [3.8, 4) is 0 Å². The summed E-state index contributed by atoms with van der Waals surface area (Å²) in [6.07, 6.45) is 10.4. The molecule has 22 heavy (non-hydrogen) atoms. The smallest absolute Gasteiger partial charge is 0.00816 e. The quantitative estimate of drug-likeness (QED) is 0.520. The Morgan fingerprint density at radius 1 is 0.682 bits per heavy atom. The van der Waals surface area contributed by atoms with Crippen LogP contribution in [0.15, 0.2) is 0 Å². The van der Waals surface area contributed by atoms with Gasteiger partial charge in [-0.1, -0.05) is 0 Å². The van der Waals surface area contributed by atoms with Gasteiger partial charge in [-0.15, -0.1) is 0 Å². The van der Waals surface area contributed by atoms with Crippen molar-refractivity contribution < 1.29 is 0 Å². The third kappa shape index (κ3) is 4.89. The Kier molecular flexibility index (Phi) is 7.96. The van der Waals surface area contributed by atoms with E-state index in [9.17, 15) is 0 Å². The maximum absolute atomic E-state index is 4.37. The molecule has 0 amide bonds. The van der Waals surface area contributed by atoms with Gasteiger partial charge in [-0.25, -0.2) is 0 Å². The summed E-state index contributed by atoms with van der Waals surface area (Å²) in [7, 11) is 0. The molecule has 3 aliphatic carbocycles. The maximum atomic E-state index is 4.37. The summed E-state index contributed by atoms with van der Waals surface area (Å²) in [5.41, 5.74) is 0. The number of fused-ring (bicyclic) bond motifs is 2. The topological polar surface area (TPSA) is 0 Å². The van der Waals surface area contributed by atoms with Crippen molar-refractivity contribution in [3.63, 3.8) is 0 Å². The Morgan fingerprint density at radius 2 is 1.27 bits per heavy atom. The van der Waals surface area contributed by atoms with Crippen molar-refractivity contribution >= 4 is 60.5 Å². The average Bonchev–Trinajstić information content (AvgIpc) is 3.12. The molecule has 0 radical (unpaired) electrons. The molecule has 0 aliphatic heterocycles. The lowest BCUT2D eigenvalue weighted by molar-refractivity contribution is 0.492. The summed E-state index contributed by atoms with van der Waals surface area (Å²) >= 11 is 15.5. The Morgan fingerprint density at radius 3 is 1.91 bits per heavy atom. The van der Waals surface area contributed by atoms with Gasteiger partial charge in [0.2, 0.25) is 0 Å². The van der Waals surface area contributed by atoms with Crippen LogP contribution in [0.3, 0.4) is 0 Å². The van der Waals surface area contributed by atoms with Crippen LogP contribution in [-0.4, -0.2) is 44.0 Å². The minimum Gasteiger partial charge on any atom is -0.179 e. The second-order valence-electron chi connectivity index (χ2n) is 7.03. The van der Waals surface area contributed by atoms with E-state index < -0.39 is 0 Å². The maximum Gasteiger partial charge on any atom is 0.00816 e. The first kappa shape index (κ1) is 18.5. The van der Waals surface area contributed by atoms with Gasteiger partial charge < -0.3 is 0 Å². The lowest BCUT2D eigenvalue weighted by Gasteiger charge is -2.33. The monoisotopic (exact) mass is 394 g/mol. The van der Waals surface area contributed by atoms with Crippen molar-refractivity contribution in [2.45, 2.75) is 65.9 Å². The fraction of sp³-hybridized carbons (Fsp3) is 1.00. The zero-order chi connectivity index (χ0) is 15.4. The lowest BCUT2D eigenvalue weighted by Crippen LogP contribution is -2.26. The highest BCUT2D eigenvalue weighted by Crippen LogP contribution is 2.55. The van der Waals surface area contributed by atoms with Crippen molar-refractivity contribution in [3.05, 3.63) is 0 Å². The molecule has 0 aromatic heterocycles. The summed E-state index contributed by atoms with van der Waals surface area (Å²) in [4.78, 5) is 0. The molecule has 3 saturated carbocycles. The number of thioether (sulfide) groups is 3. The molecule has 0 spiro atoms. The summed E-state index contributed by atoms with van der Waals surface area (Å²) in [5.74, 6) is 6.66. The largest absolute Gasteiger partial charge is 0.179 e. The molecule has 0 N–H and O–H groups in total. The van der Waals surface area contributed by atoms with E-state index in [-0.39, 0.29) is 0 Å². The summed E-state index contributed by atoms with van der Waals surface area (Å²) in [5, 5.41) is 3.89. The molecular weight excluding hydrogens is 365 g/mol. The van der Waals surface area contributed by atoms with Crippen molar-refractivity contribution in [1.29, 1.82) is 0 Å². The minimum atomic E-state index is 0.936. The summed E-state index contributed by atoms with van der Waals surface area (Å²) in [6, 6.07) is 0. The first-order valence-electron chi connectivity index (χ1n) is 8.90. The molecule has 2 bridgehead atoms. The molecule has 4 unspecified atom stereocenters. The van der Waals surface area contributed by atoms with Crippen LogP contribution in [0.5, 0.6) is 0 Å². The molecule has 0 nitrogen and oxygen atoms in total. The van der Waals surface area contributed by atoms with Gasteiger partial charge in [-0.3, -0.25) is 0 Å². The van der Waals surface area contributed by atoms with Gasteiger partial charge in [-0.2, -0.15) is 60.5 Å². The van der Waals surface area contributed by atoms with E-state index in [0.29, 0.717) is 0 Å². The highest BCUT2D eigenvalue weighted by Gasteiger charge is 2.46. The zero-order valence-corrected chi connectivity index (χ0v) is 17.6. The predicted octanol–water partition coefficient (Wildman–Crippen LogP) is 5.52. The van der Waals surface area contributed by atoms with Gasteiger partial charge in [0.05, 0.1) is 0 Å². The van der Waals surface area contributed by atoms with Gasteiger partial charge in [0.15, 0.2) is 0 Å². The van der Waals surface area contributed by atoms with E-state index in [2.05, 4.69) is 60.5 Å². The lowest BCUT2D eigenvalue weighted by atomic mass is 9.99. The van der Waals surface area contributed by atoms with Crippen LogP contribution in [-0.2, 0) is 0 Å². The molecule has 0 saturated heterocycles. The van der Waals surface area contributed by atoms with Gasteiger partial charge in [0, 0.05) is 32.5 Å². The van der Waals surface area contributed by atoms with Crippen LogP contribution >= 0.6 is 60.5 Å². The van der Waals surface area contributed by atoms with E-state index in [1.165, 1.54) is 56.5 Å². The Bertz CT molecular complexity index is 329. The van der Waals surface area contributed by atoms with Crippen LogP contribution in [0.1, 0.15) is 44.9 Å². The van der Waals surface area contributed by atoms with Crippen molar-refractivity contribution in [2.75, 3.05) is 23.0 Å². The third-order valence-corrected chi connectivity index (χ3v) is 11.2. The third-order valence-electron chi connectivity index (χ3n) is 5.58. The van der Waals surface area contributed by atoms with E-state index >= 15 is 0 Å². The standard InChI is InChI=1S/C17H30S5/c18-5-7-20-14-1-3-15(4-2-14)22-17-11-12-9-13(17)10-16(12)21-8-6-19/h12-19H,1-11H2. The zero-order valence-electron chi connectivity index (χ0n) is 13.4. The van der Waals surface area contributed by atoms with Gasteiger partial charge >= 0.3 is 0 Å². The highest BCUT2D eigenvalue weighted by atomic mass is 32.2. The number of hydrogen-bond acceptors (Lipinski definition) is 5. The summed E-state index contributed by atoms with van der Waals surface area (Å²) in [6.45, 7) is 0. The fourth-order valence-corrected chi connectivity index (χ4v) is 9.35. The minimum absolute atomic E-state index is 0.936. The van der Waals surface area contributed by atoms with Crippen LogP contribution in [0.2, 0.25) is 0 Å². The van der Waals surface area contributed by atoms with E-state index in [4.69, 9.17) is 0 Å². The Balaban J connectivity index is 1.36. The highest BCUT2D eigenvalue weighted by molar-refractivity contribution is 8.01. The molecular formula is C17H30S5. The molecule has 128 valence electrons. The predicted molar refractivity (Wildman–Crippen MR) is 115 cm³/mol. The van der Waals surface area contributed by atoms with Crippen LogP contribution in [0, 0.1) is 11.8 Å². The first-order valence-corrected chi connectivity index (χ1v) is 13.2. The van der Waals surface area contributed by atoms with Crippen molar-refractivity contribution in [1.82, 2.24) is 0 Å². The van der Waals surface area contributed by atoms with Crippen molar-refractivity contribution in [2.24, 2.45) is 11.8 Å². The SMILES string of the molecule is SCCSC1CCC(SC2CC3CC2CC3SCCS)CC1. The number of rotatable bonds is 8. The number of hydrogen-bond donors (Lipinski definition) is 2. The fourth-order valence-electron chi connectivity index (χ4n) is 4.55. The van der Waals surface area contributed by atoms with Crippen LogP contribution in [0.25, 0.3) is 0 Å². The normalized spacial score (nSPS) is 41.2. The summed E-state index contributed by atoms with van der Waals surface area (Å²) < 4.78 is 0. The van der Waals surface area contributed by atoms with Gasteiger partial charge in [0.1, 0.15) is 0 Å². The van der Waals surface area contributed by atoms with E-state index in [1.54, 1.807) is 0 Å². The molecule has 5 heteroatoms. The number of thiol groups is 2. The molecule has 0 aromatic carbocycles. The average molecular weight is 395 g/mol. The van der Waals surface area contributed by atoms with Gasteiger partial charge in [0.25, 0.3) is 0 Å². The second-order valence-corrected chi connectivity index (χ2v) is 12.2. The van der Waals surface area contributed by atoms with Crippen LogP contribution < -0.4 is 0 Å². The molecule has 0 heterocycles. The first-order chi connectivity index (χ1) is 10.8. The molecule has 0 aromatic rings. The Labute approximate surface area is 160 Å². The van der Waals surface area contributed by atoms with Crippen LogP contribution in [0.4, 0.5) is 0 Å². The second kappa shape index (κ2) is 9.45. The van der Waals surface area contributed by atoms with E-state index in [0.717, 1.165) is 44.3 Å². The molecule has 3 aliphatic rings. The Hall–Kier alpha value is 1.75. The van der Waals surface area contributed by atoms with E-state index in [1.807, 2.05) is 0 Å².